The molecule has 5 nitrogen and oxygen atoms in total. The number of carbonyl (C=O) groups is 1. The van der Waals surface area contributed by atoms with Gasteiger partial charge in [0.2, 0.25) is 0 Å². The fourth-order valence-corrected chi connectivity index (χ4v) is 5.80. The summed E-state index contributed by atoms with van der Waals surface area (Å²) in [6.07, 6.45) is 6.34. The number of aromatic hydroxyl groups is 1. The number of ether oxygens (including phenoxy) is 1. The Morgan fingerprint density at radius 3 is 2.68 bits per heavy atom. The van der Waals surface area contributed by atoms with E-state index in [0.29, 0.717) is 20.1 Å². The highest BCUT2D eigenvalue weighted by atomic mass is 127. The molecule has 1 N–H and O–H groups in total. The molecule has 2 atom stereocenters. The maximum absolute atomic E-state index is 13.5. The zero-order valence-corrected chi connectivity index (χ0v) is 20.5. The average Bonchev–Trinajstić information content (AvgIpc) is 3.06. The highest BCUT2D eigenvalue weighted by molar-refractivity contribution is 14.1. The molecule has 1 amide bonds. The van der Waals surface area contributed by atoms with Crippen molar-refractivity contribution in [3.05, 3.63) is 56.5 Å². The summed E-state index contributed by atoms with van der Waals surface area (Å²) in [6.45, 7) is 2.23. The second-order valence-electron chi connectivity index (χ2n) is 7.90. The van der Waals surface area contributed by atoms with E-state index >= 15 is 0 Å². The van der Waals surface area contributed by atoms with E-state index in [1.807, 2.05) is 47.4 Å². The van der Waals surface area contributed by atoms with E-state index in [2.05, 4.69) is 29.5 Å². The third-order valence-corrected chi connectivity index (χ3v) is 7.59. The predicted molar refractivity (Wildman–Crippen MR) is 135 cm³/mol. The van der Waals surface area contributed by atoms with Gasteiger partial charge in [0.15, 0.2) is 16.7 Å². The molecular formula is C24H25IN2O3S. The fraction of sp³-hybridized carbons (Fsp3) is 0.333. The first-order valence-electron chi connectivity index (χ1n) is 10.4. The molecule has 4 rings (SSSR count). The van der Waals surface area contributed by atoms with Crippen molar-refractivity contribution in [1.82, 2.24) is 4.90 Å². The topological polar surface area (TPSA) is 62.1 Å². The quantitative estimate of drug-likeness (QED) is 0.366. The zero-order chi connectivity index (χ0) is 22.0. The largest absolute Gasteiger partial charge is 0.504 e. The highest BCUT2D eigenvalue weighted by Gasteiger charge is 2.41. The SMILES string of the molecule is COc1cc(/C=C2\SC(=Nc3ccccc3)N([C@H]3CCCC[C@H]3C)C2=O)cc(I)c1O. The lowest BCUT2D eigenvalue weighted by molar-refractivity contribution is -0.124. The molecule has 0 spiro atoms. The van der Waals surface area contributed by atoms with Crippen LogP contribution in [0.3, 0.4) is 0 Å². The van der Waals surface area contributed by atoms with E-state index < -0.39 is 0 Å². The first-order valence-corrected chi connectivity index (χ1v) is 12.3. The first kappa shape index (κ1) is 22.2. The Bertz CT molecular complexity index is 1040. The third kappa shape index (κ3) is 4.77. The summed E-state index contributed by atoms with van der Waals surface area (Å²) in [5.41, 5.74) is 1.65. The van der Waals surface area contributed by atoms with Crippen molar-refractivity contribution in [1.29, 1.82) is 0 Å². The number of aliphatic imine (C=N–C) groups is 1. The zero-order valence-electron chi connectivity index (χ0n) is 17.5. The molecule has 0 aromatic heterocycles. The summed E-state index contributed by atoms with van der Waals surface area (Å²) >= 11 is 3.48. The van der Waals surface area contributed by atoms with Crippen LogP contribution in [0.5, 0.6) is 11.5 Å². The summed E-state index contributed by atoms with van der Waals surface area (Å²) in [7, 11) is 1.52. The van der Waals surface area contributed by atoms with Crippen LogP contribution in [0, 0.1) is 9.49 Å². The van der Waals surface area contributed by atoms with E-state index in [1.165, 1.54) is 25.3 Å². The maximum atomic E-state index is 13.5. The van der Waals surface area contributed by atoms with Gasteiger partial charge in [0.25, 0.3) is 5.91 Å². The number of carbonyl (C=O) groups excluding carboxylic acids is 1. The Morgan fingerprint density at radius 1 is 1.23 bits per heavy atom. The summed E-state index contributed by atoms with van der Waals surface area (Å²) in [5.74, 6) is 0.943. The standard InChI is InChI=1S/C24H25IN2O3S/c1-15-8-6-7-11-19(15)27-23(29)21(31-24(27)26-17-9-4-3-5-10-17)14-16-12-18(25)22(28)20(13-16)30-2/h3-5,9-10,12-15,19,28H,6-8,11H2,1-2H3/b21-14-,26-24?/t15-,19+/m1/s1. The van der Waals surface area contributed by atoms with Gasteiger partial charge >= 0.3 is 0 Å². The number of amidine groups is 1. The van der Waals surface area contributed by atoms with Gasteiger partial charge in [-0.2, -0.15) is 0 Å². The van der Waals surface area contributed by atoms with E-state index in [-0.39, 0.29) is 17.7 Å². The van der Waals surface area contributed by atoms with Gasteiger partial charge in [-0.25, -0.2) is 4.99 Å². The summed E-state index contributed by atoms with van der Waals surface area (Å²) in [6, 6.07) is 13.5. The number of phenolic OH excluding ortho intramolecular Hbond substituents is 1. The number of rotatable bonds is 4. The van der Waals surface area contributed by atoms with Gasteiger partial charge in [-0.15, -0.1) is 0 Å². The van der Waals surface area contributed by atoms with E-state index in [4.69, 9.17) is 9.73 Å². The molecule has 1 saturated carbocycles. The van der Waals surface area contributed by atoms with Crippen LogP contribution in [0.4, 0.5) is 5.69 Å². The molecule has 0 unspecified atom stereocenters. The van der Waals surface area contributed by atoms with Gasteiger partial charge < -0.3 is 9.84 Å². The lowest BCUT2D eigenvalue weighted by Gasteiger charge is -2.35. The fourth-order valence-electron chi connectivity index (χ4n) is 4.13. The molecule has 0 radical (unpaired) electrons. The lowest BCUT2D eigenvalue weighted by atomic mass is 9.85. The van der Waals surface area contributed by atoms with Crippen molar-refractivity contribution >= 4 is 57.2 Å². The molecule has 162 valence electrons. The van der Waals surface area contributed by atoms with Gasteiger partial charge in [-0.3, -0.25) is 9.69 Å². The van der Waals surface area contributed by atoms with Gasteiger partial charge in [-0.05, 0) is 89.0 Å². The van der Waals surface area contributed by atoms with Gasteiger partial charge in [0.1, 0.15) is 0 Å². The molecule has 1 heterocycles. The molecule has 1 aliphatic carbocycles. The normalized spacial score (nSPS) is 24.2. The molecular weight excluding hydrogens is 523 g/mol. The molecule has 2 fully saturated rings. The first-order chi connectivity index (χ1) is 15.0. The van der Waals surface area contributed by atoms with Gasteiger partial charge in [0, 0.05) is 6.04 Å². The van der Waals surface area contributed by atoms with Crippen molar-refractivity contribution in [2.75, 3.05) is 7.11 Å². The van der Waals surface area contributed by atoms with Crippen molar-refractivity contribution in [2.24, 2.45) is 10.9 Å². The average molecular weight is 548 g/mol. The van der Waals surface area contributed by atoms with Crippen LogP contribution < -0.4 is 4.74 Å². The molecule has 2 aliphatic rings. The lowest BCUT2D eigenvalue weighted by Crippen LogP contribution is -2.44. The smallest absolute Gasteiger partial charge is 0.267 e. The summed E-state index contributed by atoms with van der Waals surface area (Å²) in [4.78, 5) is 20.9. The molecule has 2 aromatic rings. The van der Waals surface area contributed by atoms with Crippen LogP contribution in [0.15, 0.2) is 52.4 Å². The number of hydrogen-bond donors (Lipinski definition) is 1. The van der Waals surface area contributed by atoms with E-state index in [1.54, 1.807) is 6.07 Å². The Morgan fingerprint density at radius 2 is 1.97 bits per heavy atom. The number of methoxy groups -OCH3 is 1. The minimum Gasteiger partial charge on any atom is -0.504 e. The van der Waals surface area contributed by atoms with Gasteiger partial charge in [0.05, 0.1) is 21.3 Å². The van der Waals surface area contributed by atoms with E-state index in [0.717, 1.165) is 35.7 Å². The third-order valence-electron chi connectivity index (χ3n) is 5.78. The van der Waals surface area contributed by atoms with Crippen molar-refractivity contribution in [2.45, 2.75) is 38.6 Å². The van der Waals surface area contributed by atoms with Crippen LogP contribution in [-0.2, 0) is 4.79 Å². The van der Waals surface area contributed by atoms with Crippen molar-refractivity contribution in [3.8, 4) is 11.5 Å². The molecule has 1 aliphatic heterocycles. The molecule has 0 bridgehead atoms. The number of para-hydroxylation sites is 1. The second-order valence-corrected chi connectivity index (χ2v) is 10.1. The maximum Gasteiger partial charge on any atom is 0.267 e. The predicted octanol–water partition coefficient (Wildman–Crippen LogP) is 6.19. The Hall–Kier alpha value is -2.00. The molecule has 1 saturated heterocycles. The number of thioether (sulfide) groups is 1. The Balaban J connectivity index is 1.74. The number of phenols is 1. The highest BCUT2D eigenvalue weighted by Crippen LogP contribution is 2.41. The van der Waals surface area contributed by atoms with Crippen LogP contribution in [0.1, 0.15) is 38.2 Å². The van der Waals surface area contributed by atoms with Crippen LogP contribution in [0.2, 0.25) is 0 Å². The Kier molecular flexibility index (Phi) is 6.91. The summed E-state index contributed by atoms with van der Waals surface area (Å²) < 4.78 is 5.95. The number of halogens is 1. The monoisotopic (exact) mass is 548 g/mol. The minimum atomic E-state index is 0.000445. The number of amides is 1. The number of nitrogens with zero attached hydrogens (tertiary/aromatic N) is 2. The van der Waals surface area contributed by atoms with Crippen molar-refractivity contribution in [3.63, 3.8) is 0 Å². The van der Waals surface area contributed by atoms with Gasteiger partial charge in [-0.1, -0.05) is 38.0 Å². The second kappa shape index (κ2) is 9.65. The van der Waals surface area contributed by atoms with Crippen LogP contribution >= 0.6 is 34.4 Å². The Labute approximate surface area is 200 Å². The number of hydrogen-bond acceptors (Lipinski definition) is 5. The molecule has 7 heteroatoms. The van der Waals surface area contributed by atoms with Crippen LogP contribution in [-0.4, -0.2) is 34.2 Å². The minimum absolute atomic E-state index is 0.000445. The molecule has 2 aromatic carbocycles. The van der Waals surface area contributed by atoms with Crippen molar-refractivity contribution < 1.29 is 14.6 Å². The summed E-state index contributed by atoms with van der Waals surface area (Å²) in [5, 5.41) is 10.9. The molecule has 31 heavy (non-hydrogen) atoms. The number of benzene rings is 2. The van der Waals surface area contributed by atoms with Crippen LogP contribution in [0.25, 0.3) is 6.08 Å². The van der Waals surface area contributed by atoms with E-state index in [9.17, 15) is 9.90 Å².